The quantitative estimate of drug-likeness (QED) is 0.679. The summed E-state index contributed by atoms with van der Waals surface area (Å²) in [6.07, 6.45) is -5.66. The molecule has 2 unspecified atom stereocenters. The zero-order chi connectivity index (χ0) is 15.7. The lowest BCUT2D eigenvalue weighted by Gasteiger charge is -2.25. The molecule has 7 heteroatoms. The van der Waals surface area contributed by atoms with E-state index in [1.807, 2.05) is 0 Å². The van der Waals surface area contributed by atoms with Gasteiger partial charge in [-0.05, 0) is 24.5 Å². The van der Waals surface area contributed by atoms with Crippen molar-refractivity contribution in [1.82, 2.24) is 0 Å². The van der Waals surface area contributed by atoms with E-state index in [1.54, 1.807) is 13.8 Å². The molecule has 0 amide bonds. The van der Waals surface area contributed by atoms with Gasteiger partial charge in [0.15, 0.2) is 0 Å². The Bertz CT molecular complexity index is 490. The highest BCUT2D eigenvalue weighted by Gasteiger charge is 2.39. The van der Waals surface area contributed by atoms with Gasteiger partial charge in [0.1, 0.15) is 5.56 Å². The van der Waals surface area contributed by atoms with Crippen molar-refractivity contribution in [3.05, 3.63) is 39.4 Å². The molecule has 0 radical (unpaired) electrons. The first-order valence-corrected chi connectivity index (χ1v) is 6.09. The summed E-state index contributed by atoms with van der Waals surface area (Å²) in [5.41, 5.74) is -2.02. The summed E-state index contributed by atoms with van der Waals surface area (Å²) in [5.74, 6) is -0.616. The number of nitro benzene ring substituents is 1. The highest BCUT2D eigenvalue weighted by atomic mass is 19.4. The number of benzene rings is 1. The zero-order valence-corrected chi connectivity index (χ0v) is 11.3. The highest BCUT2D eigenvalue weighted by Crippen LogP contribution is 2.39. The molecule has 20 heavy (non-hydrogen) atoms. The molecule has 2 atom stereocenters. The summed E-state index contributed by atoms with van der Waals surface area (Å²) in [7, 11) is 0. The van der Waals surface area contributed by atoms with Crippen LogP contribution in [0.3, 0.4) is 0 Å². The monoisotopic (exact) mass is 291 g/mol. The first-order valence-electron chi connectivity index (χ1n) is 6.09. The zero-order valence-electron chi connectivity index (χ0n) is 11.3. The van der Waals surface area contributed by atoms with E-state index in [1.165, 1.54) is 13.0 Å². The van der Waals surface area contributed by atoms with Gasteiger partial charge in [-0.15, -0.1) is 0 Å². The fourth-order valence-corrected chi connectivity index (χ4v) is 2.37. The second-order valence-electron chi connectivity index (χ2n) is 5.04. The molecule has 0 spiro atoms. The van der Waals surface area contributed by atoms with Crippen molar-refractivity contribution in [3.8, 4) is 0 Å². The molecular weight excluding hydrogens is 275 g/mol. The predicted molar refractivity (Wildman–Crippen MR) is 67.4 cm³/mol. The van der Waals surface area contributed by atoms with Gasteiger partial charge in [-0.25, -0.2) is 0 Å². The lowest BCUT2D eigenvalue weighted by atomic mass is 9.83. The van der Waals surface area contributed by atoms with Gasteiger partial charge in [0, 0.05) is 12.0 Å². The van der Waals surface area contributed by atoms with E-state index in [2.05, 4.69) is 0 Å². The number of hydrogen-bond acceptors (Lipinski definition) is 3. The van der Waals surface area contributed by atoms with Gasteiger partial charge < -0.3 is 5.11 Å². The van der Waals surface area contributed by atoms with Crippen molar-refractivity contribution in [2.45, 2.75) is 39.0 Å². The Morgan fingerprint density at radius 2 is 1.80 bits per heavy atom. The SMILES string of the molecule is CC(C)C(c1ccc([N+](=O)[O-])c(C(F)(F)F)c1)C(C)O. The van der Waals surface area contributed by atoms with Gasteiger partial charge in [0.25, 0.3) is 5.69 Å². The Morgan fingerprint density at radius 3 is 2.15 bits per heavy atom. The van der Waals surface area contributed by atoms with E-state index in [-0.39, 0.29) is 11.5 Å². The molecule has 4 nitrogen and oxygen atoms in total. The van der Waals surface area contributed by atoms with Crippen LogP contribution >= 0.6 is 0 Å². The minimum Gasteiger partial charge on any atom is -0.393 e. The van der Waals surface area contributed by atoms with Gasteiger partial charge in [0.05, 0.1) is 11.0 Å². The Labute approximate surface area is 114 Å². The van der Waals surface area contributed by atoms with Crippen LogP contribution in [0.2, 0.25) is 0 Å². The number of aliphatic hydroxyl groups is 1. The van der Waals surface area contributed by atoms with Crippen LogP contribution in [0.4, 0.5) is 18.9 Å². The summed E-state index contributed by atoms with van der Waals surface area (Å²) in [4.78, 5) is 9.62. The Balaban J connectivity index is 3.43. The Kier molecular flexibility index (Phi) is 4.75. The van der Waals surface area contributed by atoms with E-state index in [9.17, 15) is 28.4 Å². The number of aliphatic hydroxyl groups excluding tert-OH is 1. The van der Waals surface area contributed by atoms with Crippen LogP contribution in [0.15, 0.2) is 18.2 Å². The molecule has 0 saturated heterocycles. The fraction of sp³-hybridized carbons (Fsp3) is 0.538. The van der Waals surface area contributed by atoms with Crippen molar-refractivity contribution < 1.29 is 23.2 Å². The molecule has 0 bridgehead atoms. The molecule has 112 valence electrons. The van der Waals surface area contributed by atoms with Gasteiger partial charge >= 0.3 is 6.18 Å². The predicted octanol–water partition coefficient (Wildman–Crippen LogP) is 3.73. The minimum atomic E-state index is -4.81. The summed E-state index contributed by atoms with van der Waals surface area (Å²) in [6, 6.07) is 2.87. The van der Waals surface area contributed by atoms with E-state index in [0.29, 0.717) is 0 Å². The molecule has 0 fully saturated rings. The molecule has 1 aromatic rings. The molecule has 1 N–H and O–H groups in total. The first kappa shape index (κ1) is 16.4. The van der Waals surface area contributed by atoms with Crippen LogP contribution in [0.5, 0.6) is 0 Å². The number of rotatable bonds is 4. The lowest BCUT2D eigenvalue weighted by Crippen LogP contribution is -2.21. The minimum absolute atomic E-state index is 0.0995. The average Bonchev–Trinajstić information content (AvgIpc) is 2.26. The van der Waals surface area contributed by atoms with Gasteiger partial charge in [0.2, 0.25) is 0 Å². The summed E-state index contributed by atoms with van der Waals surface area (Å²) in [6.45, 7) is 5.03. The third kappa shape index (κ3) is 3.47. The van der Waals surface area contributed by atoms with Crippen LogP contribution in [0, 0.1) is 16.0 Å². The normalized spacial score (nSPS) is 15.2. The number of nitro groups is 1. The van der Waals surface area contributed by atoms with E-state index in [0.717, 1.165) is 12.1 Å². The van der Waals surface area contributed by atoms with Crippen molar-refractivity contribution in [1.29, 1.82) is 0 Å². The van der Waals surface area contributed by atoms with Crippen LogP contribution in [0.25, 0.3) is 0 Å². The van der Waals surface area contributed by atoms with E-state index >= 15 is 0 Å². The maximum atomic E-state index is 12.9. The number of hydrogen-bond donors (Lipinski definition) is 1. The van der Waals surface area contributed by atoms with Gasteiger partial charge in [-0.3, -0.25) is 10.1 Å². The van der Waals surface area contributed by atoms with E-state index in [4.69, 9.17) is 0 Å². The van der Waals surface area contributed by atoms with Crippen molar-refractivity contribution in [3.63, 3.8) is 0 Å². The molecule has 0 saturated carbocycles. The number of halogens is 3. The van der Waals surface area contributed by atoms with Crippen molar-refractivity contribution >= 4 is 5.69 Å². The Morgan fingerprint density at radius 1 is 1.25 bits per heavy atom. The number of nitrogens with zero attached hydrogens (tertiary/aromatic N) is 1. The summed E-state index contributed by atoms with van der Waals surface area (Å²) < 4.78 is 38.7. The van der Waals surface area contributed by atoms with Crippen molar-refractivity contribution in [2.75, 3.05) is 0 Å². The summed E-state index contributed by atoms with van der Waals surface area (Å²) >= 11 is 0. The molecule has 0 heterocycles. The Hall–Kier alpha value is -1.63. The smallest absolute Gasteiger partial charge is 0.393 e. The van der Waals surface area contributed by atoms with Gasteiger partial charge in [-0.2, -0.15) is 13.2 Å². The van der Waals surface area contributed by atoms with Crippen molar-refractivity contribution in [2.24, 2.45) is 5.92 Å². The second-order valence-corrected chi connectivity index (χ2v) is 5.04. The molecule has 1 aromatic carbocycles. The van der Waals surface area contributed by atoms with Crippen LogP contribution in [-0.2, 0) is 6.18 Å². The molecule has 0 aromatic heterocycles. The largest absolute Gasteiger partial charge is 0.423 e. The third-order valence-electron chi connectivity index (χ3n) is 3.15. The molecule has 0 aliphatic heterocycles. The maximum Gasteiger partial charge on any atom is 0.423 e. The van der Waals surface area contributed by atoms with Crippen LogP contribution < -0.4 is 0 Å². The molecular formula is C13H16F3NO3. The number of alkyl halides is 3. The average molecular weight is 291 g/mol. The fourth-order valence-electron chi connectivity index (χ4n) is 2.37. The van der Waals surface area contributed by atoms with Gasteiger partial charge in [-0.1, -0.05) is 19.9 Å². The summed E-state index contributed by atoms with van der Waals surface area (Å²) in [5, 5.41) is 20.4. The highest BCUT2D eigenvalue weighted by molar-refractivity contribution is 5.45. The first-order chi connectivity index (χ1) is 9.05. The van der Waals surface area contributed by atoms with Crippen LogP contribution in [0.1, 0.15) is 37.8 Å². The molecule has 0 aliphatic carbocycles. The lowest BCUT2D eigenvalue weighted by molar-refractivity contribution is -0.388. The van der Waals surface area contributed by atoms with E-state index < -0.39 is 34.4 Å². The third-order valence-corrected chi connectivity index (χ3v) is 3.15. The topological polar surface area (TPSA) is 63.4 Å². The van der Waals surface area contributed by atoms with Crippen LogP contribution in [-0.4, -0.2) is 16.1 Å². The molecule has 0 aliphatic rings. The maximum absolute atomic E-state index is 12.9. The standard InChI is InChI=1S/C13H16F3NO3/c1-7(2)12(8(3)18)9-4-5-11(17(19)20)10(6-9)13(14,15)16/h4-8,12,18H,1-3H3. The second kappa shape index (κ2) is 5.78. The molecule has 1 rings (SSSR count).